The average Bonchev–Trinajstić information content (AvgIpc) is 3.13. The van der Waals surface area contributed by atoms with E-state index in [2.05, 4.69) is 21.4 Å². The van der Waals surface area contributed by atoms with Gasteiger partial charge in [0.15, 0.2) is 17.0 Å². The van der Waals surface area contributed by atoms with E-state index < -0.39 is 5.82 Å². The molecule has 1 aromatic carbocycles. The summed E-state index contributed by atoms with van der Waals surface area (Å²) in [4.78, 5) is 19.0. The number of aromatic nitrogens is 4. The Kier molecular flexibility index (Phi) is 5.23. The highest BCUT2D eigenvalue weighted by atomic mass is 19.1. The molecule has 0 spiro atoms. The van der Waals surface area contributed by atoms with Crippen LogP contribution in [0.4, 0.5) is 10.2 Å². The van der Waals surface area contributed by atoms with Crippen LogP contribution < -0.4 is 4.90 Å². The second-order valence-electron chi connectivity index (χ2n) is 8.37. The number of piperazine rings is 1. The van der Waals surface area contributed by atoms with Crippen molar-refractivity contribution in [3.63, 3.8) is 0 Å². The Morgan fingerprint density at radius 3 is 2.52 bits per heavy atom. The van der Waals surface area contributed by atoms with Crippen molar-refractivity contribution in [2.45, 2.75) is 25.8 Å². The van der Waals surface area contributed by atoms with E-state index in [1.54, 1.807) is 6.07 Å². The summed E-state index contributed by atoms with van der Waals surface area (Å²) in [6.07, 6.45) is 1.65. The van der Waals surface area contributed by atoms with Crippen molar-refractivity contribution in [1.29, 1.82) is 0 Å². The van der Waals surface area contributed by atoms with Gasteiger partial charge in [-0.3, -0.25) is 0 Å². The Hall–Kier alpha value is -2.78. The van der Waals surface area contributed by atoms with Crippen LogP contribution in [-0.4, -0.2) is 76.0 Å². The molecule has 31 heavy (non-hydrogen) atoms. The first-order valence-electron chi connectivity index (χ1n) is 10.8. The maximum atomic E-state index is 13.7. The Morgan fingerprint density at radius 1 is 1.06 bits per heavy atom. The first kappa shape index (κ1) is 20.1. The summed E-state index contributed by atoms with van der Waals surface area (Å²) >= 11 is 0. The minimum atomic E-state index is -0.483. The van der Waals surface area contributed by atoms with E-state index in [0.717, 1.165) is 62.1 Å². The van der Waals surface area contributed by atoms with Crippen LogP contribution in [0.2, 0.25) is 0 Å². The van der Waals surface area contributed by atoms with Gasteiger partial charge < -0.3 is 24.2 Å². The molecule has 2 saturated heterocycles. The lowest BCUT2D eigenvalue weighted by Gasteiger charge is -2.33. The lowest BCUT2D eigenvalue weighted by Crippen LogP contribution is -2.45. The molecule has 0 atom stereocenters. The van der Waals surface area contributed by atoms with Gasteiger partial charge in [0.25, 0.3) is 0 Å². The number of anilines is 1. The zero-order valence-corrected chi connectivity index (χ0v) is 17.9. The molecular formula is C22H27FN6O2. The highest BCUT2D eigenvalue weighted by molar-refractivity contribution is 5.88. The SMILES string of the molecule is Cc1nc(N2CCN(C)CC2)c2nc(-c3ccc(F)cc3O)n(C3CCOCC3)c2n1. The molecule has 2 aliphatic rings. The maximum Gasteiger partial charge on any atom is 0.166 e. The van der Waals surface area contributed by atoms with Crippen LogP contribution in [0, 0.1) is 12.7 Å². The Balaban J connectivity index is 1.72. The highest BCUT2D eigenvalue weighted by Crippen LogP contribution is 2.38. The van der Waals surface area contributed by atoms with Crippen LogP contribution in [0.5, 0.6) is 5.75 Å². The minimum absolute atomic E-state index is 0.130. The number of phenols is 1. The van der Waals surface area contributed by atoms with Crippen molar-refractivity contribution in [2.24, 2.45) is 0 Å². The van der Waals surface area contributed by atoms with Gasteiger partial charge in [-0.1, -0.05) is 0 Å². The number of hydrogen-bond donors (Lipinski definition) is 1. The number of ether oxygens (including phenoxy) is 1. The normalized spacial score (nSPS) is 18.7. The topological polar surface area (TPSA) is 79.5 Å². The van der Waals surface area contributed by atoms with Crippen molar-refractivity contribution < 1.29 is 14.2 Å². The minimum Gasteiger partial charge on any atom is -0.507 e. The quantitative estimate of drug-likeness (QED) is 0.690. The second-order valence-corrected chi connectivity index (χ2v) is 8.37. The first-order chi connectivity index (χ1) is 15.0. The number of fused-ring (bicyclic) bond motifs is 1. The molecule has 0 saturated carbocycles. The molecule has 3 aromatic rings. The summed E-state index contributed by atoms with van der Waals surface area (Å²) in [6, 6.07) is 4.19. The molecule has 2 aromatic heterocycles. The zero-order chi connectivity index (χ0) is 21.5. The third kappa shape index (κ3) is 3.72. The smallest absolute Gasteiger partial charge is 0.166 e. The Morgan fingerprint density at radius 2 is 1.81 bits per heavy atom. The number of phenolic OH excluding ortho intramolecular Hbond substituents is 1. The fraction of sp³-hybridized carbons (Fsp3) is 0.500. The number of aromatic hydroxyl groups is 1. The van der Waals surface area contributed by atoms with Crippen LogP contribution in [0.3, 0.4) is 0 Å². The molecule has 0 aliphatic carbocycles. The number of halogens is 1. The molecule has 0 amide bonds. The number of benzene rings is 1. The number of likely N-dealkylation sites (N-methyl/N-ethyl adjacent to an activating group) is 1. The van der Waals surface area contributed by atoms with Gasteiger partial charge in [0, 0.05) is 51.5 Å². The van der Waals surface area contributed by atoms with Gasteiger partial charge in [-0.2, -0.15) is 0 Å². The predicted molar refractivity (Wildman–Crippen MR) is 116 cm³/mol. The van der Waals surface area contributed by atoms with Gasteiger partial charge in [-0.25, -0.2) is 19.3 Å². The van der Waals surface area contributed by atoms with Crippen LogP contribution in [0.1, 0.15) is 24.7 Å². The summed E-state index contributed by atoms with van der Waals surface area (Å²) in [7, 11) is 2.12. The third-order valence-corrected chi connectivity index (χ3v) is 6.19. The number of imidazole rings is 1. The summed E-state index contributed by atoms with van der Waals surface area (Å²) in [6.45, 7) is 6.86. The summed E-state index contributed by atoms with van der Waals surface area (Å²) in [5.41, 5.74) is 1.97. The molecule has 164 valence electrons. The van der Waals surface area contributed by atoms with Crippen molar-refractivity contribution in [1.82, 2.24) is 24.4 Å². The maximum absolute atomic E-state index is 13.7. The Bertz CT molecular complexity index is 1100. The second kappa shape index (κ2) is 8.05. The summed E-state index contributed by atoms with van der Waals surface area (Å²) in [5, 5.41) is 10.5. The molecule has 1 N–H and O–H groups in total. The van der Waals surface area contributed by atoms with Crippen LogP contribution >= 0.6 is 0 Å². The summed E-state index contributed by atoms with van der Waals surface area (Å²) in [5.74, 6) is 1.49. The number of nitrogens with zero attached hydrogens (tertiary/aromatic N) is 6. The molecule has 0 unspecified atom stereocenters. The predicted octanol–water partition coefficient (Wildman–Crippen LogP) is 2.75. The standard InChI is InChI=1S/C22H27FN6O2/c1-14-24-21(28-9-7-27(2)8-10-28)19-22(25-14)29(16-5-11-31-12-6-16)20(26-19)17-4-3-15(23)13-18(17)30/h3-4,13,16,30H,5-12H2,1-2H3. The lowest BCUT2D eigenvalue weighted by molar-refractivity contribution is 0.0708. The zero-order valence-electron chi connectivity index (χ0n) is 17.9. The number of rotatable bonds is 3. The van der Waals surface area contributed by atoms with Crippen molar-refractivity contribution in [2.75, 3.05) is 51.3 Å². The molecule has 8 nitrogen and oxygen atoms in total. The largest absolute Gasteiger partial charge is 0.507 e. The van der Waals surface area contributed by atoms with E-state index in [0.29, 0.717) is 30.4 Å². The van der Waals surface area contributed by atoms with Gasteiger partial charge in [-0.05, 0) is 38.9 Å². The molecular weight excluding hydrogens is 399 g/mol. The molecule has 5 rings (SSSR count). The molecule has 2 aliphatic heterocycles. The number of hydrogen-bond acceptors (Lipinski definition) is 7. The van der Waals surface area contributed by atoms with Gasteiger partial charge in [0.05, 0.1) is 5.56 Å². The van der Waals surface area contributed by atoms with Gasteiger partial charge in [-0.15, -0.1) is 0 Å². The first-order valence-corrected chi connectivity index (χ1v) is 10.8. The van der Waals surface area contributed by atoms with Crippen LogP contribution in [0.25, 0.3) is 22.6 Å². The average molecular weight is 426 g/mol. The van der Waals surface area contributed by atoms with E-state index in [-0.39, 0.29) is 11.8 Å². The van der Waals surface area contributed by atoms with Crippen molar-refractivity contribution >= 4 is 17.0 Å². The number of aryl methyl sites for hydroxylation is 1. The van der Waals surface area contributed by atoms with E-state index in [1.165, 1.54) is 6.07 Å². The highest BCUT2D eigenvalue weighted by Gasteiger charge is 2.28. The lowest BCUT2D eigenvalue weighted by atomic mass is 10.1. The molecule has 0 bridgehead atoms. The third-order valence-electron chi connectivity index (χ3n) is 6.19. The van der Waals surface area contributed by atoms with Crippen molar-refractivity contribution in [3.8, 4) is 17.1 Å². The summed E-state index contributed by atoms with van der Waals surface area (Å²) < 4.78 is 21.3. The van der Waals surface area contributed by atoms with E-state index >= 15 is 0 Å². The van der Waals surface area contributed by atoms with E-state index in [4.69, 9.17) is 19.7 Å². The van der Waals surface area contributed by atoms with Gasteiger partial charge >= 0.3 is 0 Å². The molecule has 4 heterocycles. The van der Waals surface area contributed by atoms with Crippen molar-refractivity contribution in [3.05, 3.63) is 29.8 Å². The van der Waals surface area contributed by atoms with E-state index in [1.807, 2.05) is 6.92 Å². The fourth-order valence-electron chi connectivity index (χ4n) is 4.48. The van der Waals surface area contributed by atoms with E-state index in [9.17, 15) is 9.50 Å². The monoisotopic (exact) mass is 426 g/mol. The fourth-order valence-corrected chi connectivity index (χ4v) is 4.48. The van der Waals surface area contributed by atoms with Crippen LogP contribution in [-0.2, 0) is 4.74 Å². The molecule has 2 fully saturated rings. The van der Waals surface area contributed by atoms with Gasteiger partial charge in [0.2, 0.25) is 0 Å². The van der Waals surface area contributed by atoms with Crippen LogP contribution in [0.15, 0.2) is 18.2 Å². The van der Waals surface area contributed by atoms with Gasteiger partial charge in [0.1, 0.15) is 23.2 Å². The molecule has 0 radical (unpaired) electrons. The Labute approximate surface area is 180 Å². The molecule has 9 heteroatoms.